The number of amides is 1. The number of carbonyl (C=O) groups excluding carboxylic acids is 1. The highest BCUT2D eigenvalue weighted by molar-refractivity contribution is 5.94. The molecule has 1 unspecified atom stereocenters. The van der Waals surface area contributed by atoms with Crippen molar-refractivity contribution in [2.45, 2.75) is 19.9 Å². The Hall–Kier alpha value is -1.61. The van der Waals surface area contributed by atoms with E-state index in [2.05, 4.69) is 5.32 Å². The summed E-state index contributed by atoms with van der Waals surface area (Å²) in [7, 11) is 0. The van der Waals surface area contributed by atoms with Gasteiger partial charge in [-0.15, -0.1) is 0 Å². The van der Waals surface area contributed by atoms with Crippen molar-refractivity contribution in [3.05, 3.63) is 41.5 Å². The van der Waals surface area contributed by atoms with Crippen molar-refractivity contribution in [2.75, 3.05) is 6.54 Å². The first-order chi connectivity index (χ1) is 7.63. The van der Waals surface area contributed by atoms with E-state index in [1.165, 1.54) is 0 Å². The molecule has 0 saturated carbocycles. The van der Waals surface area contributed by atoms with Crippen molar-refractivity contribution in [2.24, 2.45) is 5.73 Å². The molecule has 16 heavy (non-hydrogen) atoms. The van der Waals surface area contributed by atoms with Crippen molar-refractivity contribution in [1.29, 1.82) is 0 Å². The number of hydrogen-bond acceptors (Lipinski definition) is 2. The molecule has 1 aromatic rings. The van der Waals surface area contributed by atoms with Gasteiger partial charge in [0.25, 0.3) is 5.91 Å². The van der Waals surface area contributed by atoms with Gasteiger partial charge in [-0.3, -0.25) is 4.79 Å². The molecule has 0 spiro atoms. The van der Waals surface area contributed by atoms with Gasteiger partial charge in [0.05, 0.1) is 0 Å². The number of rotatable bonds is 4. The smallest absolute Gasteiger partial charge is 0.251 e. The van der Waals surface area contributed by atoms with E-state index < -0.39 is 0 Å². The fourth-order valence-corrected chi connectivity index (χ4v) is 1.31. The third-order valence-corrected chi connectivity index (χ3v) is 2.08. The summed E-state index contributed by atoms with van der Waals surface area (Å²) in [5.41, 5.74) is 7.28. The summed E-state index contributed by atoms with van der Waals surface area (Å²) < 4.78 is 0. The number of carbonyl (C=O) groups is 1. The van der Waals surface area contributed by atoms with E-state index in [9.17, 15) is 4.79 Å². The summed E-state index contributed by atoms with van der Waals surface area (Å²) in [4.78, 5) is 11.6. The van der Waals surface area contributed by atoms with Gasteiger partial charge in [-0.05, 0) is 31.5 Å². The molecule has 3 nitrogen and oxygen atoms in total. The maximum Gasteiger partial charge on any atom is 0.251 e. The van der Waals surface area contributed by atoms with Crippen LogP contribution in [-0.2, 0) is 0 Å². The molecule has 0 saturated heterocycles. The molecule has 1 aromatic carbocycles. The van der Waals surface area contributed by atoms with E-state index in [0.717, 1.165) is 5.56 Å². The minimum absolute atomic E-state index is 0.0214. The fourth-order valence-electron chi connectivity index (χ4n) is 1.31. The SMILES string of the molecule is CCNC(=O)c1cccc(/C=C/C(C)N)c1. The van der Waals surface area contributed by atoms with Crippen LogP contribution in [0.3, 0.4) is 0 Å². The highest BCUT2D eigenvalue weighted by atomic mass is 16.1. The molecule has 86 valence electrons. The summed E-state index contributed by atoms with van der Waals surface area (Å²) >= 11 is 0. The summed E-state index contributed by atoms with van der Waals surface area (Å²) in [6, 6.07) is 7.48. The zero-order valence-corrected chi connectivity index (χ0v) is 9.73. The fraction of sp³-hybridized carbons (Fsp3) is 0.308. The van der Waals surface area contributed by atoms with Gasteiger partial charge in [-0.1, -0.05) is 24.3 Å². The van der Waals surface area contributed by atoms with Crippen LogP contribution in [0.25, 0.3) is 6.08 Å². The number of nitrogens with one attached hydrogen (secondary N) is 1. The zero-order chi connectivity index (χ0) is 12.0. The lowest BCUT2D eigenvalue weighted by Crippen LogP contribution is -2.22. The highest BCUT2D eigenvalue weighted by Gasteiger charge is 2.03. The Morgan fingerprint density at radius 2 is 2.31 bits per heavy atom. The Bertz CT molecular complexity index is 383. The molecule has 0 aliphatic heterocycles. The molecule has 0 aliphatic rings. The summed E-state index contributed by atoms with van der Waals surface area (Å²) in [5, 5.41) is 2.77. The van der Waals surface area contributed by atoms with Crippen molar-refractivity contribution < 1.29 is 4.79 Å². The van der Waals surface area contributed by atoms with Crippen LogP contribution in [0.1, 0.15) is 29.8 Å². The molecule has 0 fully saturated rings. The summed E-state index contributed by atoms with van der Waals surface area (Å²) in [5.74, 6) is -0.0430. The normalized spacial score (nSPS) is 12.7. The van der Waals surface area contributed by atoms with Crippen molar-refractivity contribution in [1.82, 2.24) is 5.32 Å². The second-order valence-electron chi connectivity index (χ2n) is 3.70. The molecule has 1 amide bonds. The minimum atomic E-state index is -0.0430. The Morgan fingerprint density at radius 1 is 1.56 bits per heavy atom. The highest BCUT2D eigenvalue weighted by Crippen LogP contribution is 2.07. The topological polar surface area (TPSA) is 55.1 Å². The van der Waals surface area contributed by atoms with Crippen LogP contribution >= 0.6 is 0 Å². The van der Waals surface area contributed by atoms with Crippen molar-refractivity contribution in [3.63, 3.8) is 0 Å². The molecule has 1 rings (SSSR count). The van der Waals surface area contributed by atoms with E-state index in [0.29, 0.717) is 12.1 Å². The van der Waals surface area contributed by atoms with Gasteiger partial charge in [0, 0.05) is 18.2 Å². The second-order valence-corrected chi connectivity index (χ2v) is 3.70. The van der Waals surface area contributed by atoms with Crippen molar-refractivity contribution in [3.8, 4) is 0 Å². The first-order valence-electron chi connectivity index (χ1n) is 5.45. The monoisotopic (exact) mass is 218 g/mol. The van der Waals surface area contributed by atoms with Gasteiger partial charge in [0.1, 0.15) is 0 Å². The first-order valence-corrected chi connectivity index (χ1v) is 5.45. The molecule has 3 N–H and O–H groups in total. The minimum Gasteiger partial charge on any atom is -0.352 e. The lowest BCUT2D eigenvalue weighted by atomic mass is 10.1. The van der Waals surface area contributed by atoms with Gasteiger partial charge >= 0.3 is 0 Å². The quantitative estimate of drug-likeness (QED) is 0.809. The van der Waals surface area contributed by atoms with Crippen LogP contribution in [0.2, 0.25) is 0 Å². The zero-order valence-electron chi connectivity index (χ0n) is 9.73. The van der Waals surface area contributed by atoms with Gasteiger partial charge in [-0.25, -0.2) is 0 Å². The Morgan fingerprint density at radius 3 is 2.94 bits per heavy atom. The number of nitrogens with two attached hydrogens (primary N) is 1. The average molecular weight is 218 g/mol. The predicted molar refractivity (Wildman–Crippen MR) is 67.1 cm³/mol. The lowest BCUT2D eigenvalue weighted by Gasteiger charge is -2.03. The molecule has 0 aromatic heterocycles. The molecular formula is C13H18N2O. The molecule has 0 heterocycles. The molecular weight excluding hydrogens is 200 g/mol. The van der Waals surface area contributed by atoms with E-state index in [1.807, 2.05) is 44.2 Å². The molecule has 0 radical (unpaired) electrons. The van der Waals surface area contributed by atoms with Gasteiger partial charge in [0.15, 0.2) is 0 Å². The summed E-state index contributed by atoms with van der Waals surface area (Å²) in [6.45, 7) is 4.45. The van der Waals surface area contributed by atoms with E-state index in [-0.39, 0.29) is 11.9 Å². The maximum absolute atomic E-state index is 11.6. The standard InChI is InChI=1S/C13H18N2O/c1-3-15-13(16)12-6-4-5-11(9-12)8-7-10(2)14/h4-10H,3,14H2,1-2H3,(H,15,16)/b8-7+. The van der Waals surface area contributed by atoms with Crippen LogP contribution in [0.5, 0.6) is 0 Å². The largest absolute Gasteiger partial charge is 0.352 e. The maximum atomic E-state index is 11.6. The van der Waals surface area contributed by atoms with E-state index in [1.54, 1.807) is 6.07 Å². The first kappa shape index (κ1) is 12.5. The second kappa shape index (κ2) is 6.08. The molecule has 0 bridgehead atoms. The van der Waals surface area contributed by atoms with Gasteiger partial charge in [-0.2, -0.15) is 0 Å². The third kappa shape index (κ3) is 3.87. The Kier molecular flexibility index (Phi) is 4.73. The van der Waals surface area contributed by atoms with E-state index >= 15 is 0 Å². The van der Waals surface area contributed by atoms with Crippen LogP contribution in [0.4, 0.5) is 0 Å². The van der Waals surface area contributed by atoms with Crippen LogP contribution in [0.15, 0.2) is 30.3 Å². The average Bonchev–Trinajstić information content (AvgIpc) is 2.27. The Balaban J connectivity index is 2.82. The van der Waals surface area contributed by atoms with E-state index in [4.69, 9.17) is 5.73 Å². The van der Waals surface area contributed by atoms with Crippen LogP contribution in [0, 0.1) is 0 Å². The van der Waals surface area contributed by atoms with Gasteiger partial charge in [0.2, 0.25) is 0 Å². The number of benzene rings is 1. The number of hydrogen-bond donors (Lipinski definition) is 2. The Labute approximate surface area is 96.3 Å². The van der Waals surface area contributed by atoms with Crippen LogP contribution in [-0.4, -0.2) is 18.5 Å². The predicted octanol–water partition coefficient (Wildman–Crippen LogP) is 1.80. The third-order valence-electron chi connectivity index (χ3n) is 2.08. The molecule has 3 heteroatoms. The van der Waals surface area contributed by atoms with Crippen molar-refractivity contribution >= 4 is 12.0 Å². The lowest BCUT2D eigenvalue weighted by molar-refractivity contribution is 0.0956. The summed E-state index contributed by atoms with van der Waals surface area (Å²) in [6.07, 6.45) is 3.82. The van der Waals surface area contributed by atoms with Gasteiger partial charge < -0.3 is 11.1 Å². The van der Waals surface area contributed by atoms with Crippen LogP contribution < -0.4 is 11.1 Å². The molecule has 0 aliphatic carbocycles. The molecule has 1 atom stereocenters.